The van der Waals surface area contributed by atoms with Gasteiger partial charge in [0, 0.05) is 25.3 Å². The second-order valence-corrected chi connectivity index (χ2v) is 6.33. The van der Waals surface area contributed by atoms with E-state index in [-0.39, 0.29) is 24.5 Å². The average molecular weight is 342 g/mol. The van der Waals surface area contributed by atoms with Crippen molar-refractivity contribution in [1.82, 2.24) is 9.80 Å². The Morgan fingerprint density at radius 1 is 1.24 bits per heavy atom. The van der Waals surface area contributed by atoms with Crippen molar-refractivity contribution in [3.8, 4) is 6.07 Å². The zero-order valence-electron chi connectivity index (χ0n) is 14.1. The van der Waals surface area contributed by atoms with Crippen LogP contribution < -0.4 is 5.32 Å². The number of morpholine rings is 1. The lowest BCUT2D eigenvalue weighted by atomic mass is 9.96. The van der Waals surface area contributed by atoms with Gasteiger partial charge in [0.25, 0.3) is 0 Å². The van der Waals surface area contributed by atoms with E-state index in [0.29, 0.717) is 26.2 Å². The number of benzene rings is 1. The van der Waals surface area contributed by atoms with Crippen LogP contribution in [-0.2, 0) is 9.53 Å². The fourth-order valence-electron chi connectivity index (χ4n) is 3.30. The number of carbonyl (C=O) groups is 2. The van der Waals surface area contributed by atoms with E-state index in [1.54, 1.807) is 9.80 Å². The molecule has 0 unspecified atom stereocenters. The highest BCUT2D eigenvalue weighted by Gasteiger charge is 2.35. The van der Waals surface area contributed by atoms with E-state index in [0.717, 1.165) is 18.5 Å². The minimum atomic E-state index is -0.533. The van der Waals surface area contributed by atoms with Crippen molar-refractivity contribution in [3.63, 3.8) is 0 Å². The van der Waals surface area contributed by atoms with Crippen molar-refractivity contribution in [2.75, 3.05) is 38.2 Å². The molecule has 25 heavy (non-hydrogen) atoms. The fourth-order valence-corrected chi connectivity index (χ4v) is 3.30. The third kappa shape index (κ3) is 4.09. The standard InChI is InChI=1S/C18H22N4O3/c19-11-16-13-25-10-9-22(16)17(23)14-5-4-8-21(12-14)18(24)20-15-6-2-1-3-7-15/h1-3,6-7,14,16H,4-5,8-10,12-13H2,(H,20,24)/t14-,16-/m0/s1. The van der Waals surface area contributed by atoms with Crippen LogP contribution in [-0.4, -0.2) is 60.6 Å². The van der Waals surface area contributed by atoms with E-state index in [9.17, 15) is 14.9 Å². The maximum Gasteiger partial charge on any atom is 0.321 e. The Morgan fingerprint density at radius 3 is 2.80 bits per heavy atom. The lowest BCUT2D eigenvalue weighted by Crippen LogP contribution is -2.53. The van der Waals surface area contributed by atoms with E-state index in [1.165, 1.54) is 0 Å². The molecule has 0 saturated carbocycles. The topological polar surface area (TPSA) is 85.7 Å². The fraction of sp³-hybridized carbons (Fsp3) is 0.500. The third-order valence-corrected chi connectivity index (χ3v) is 4.64. The number of anilines is 1. The van der Waals surface area contributed by atoms with Gasteiger partial charge in [-0.2, -0.15) is 5.26 Å². The molecule has 2 fully saturated rings. The van der Waals surface area contributed by atoms with Gasteiger partial charge in [0.2, 0.25) is 5.91 Å². The summed E-state index contributed by atoms with van der Waals surface area (Å²) in [7, 11) is 0. The van der Waals surface area contributed by atoms with Crippen molar-refractivity contribution in [2.45, 2.75) is 18.9 Å². The highest BCUT2D eigenvalue weighted by molar-refractivity contribution is 5.90. The quantitative estimate of drug-likeness (QED) is 0.886. The van der Waals surface area contributed by atoms with Gasteiger partial charge in [-0.05, 0) is 25.0 Å². The van der Waals surface area contributed by atoms with E-state index in [1.807, 2.05) is 30.3 Å². The number of hydrogen-bond acceptors (Lipinski definition) is 4. The molecule has 2 aliphatic heterocycles. The van der Waals surface area contributed by atoms with Crippen LogP contribution in [0.2, 0.25) is 0 Å². The predicted octanol–water partition coefficient (Wildman–Crippen LogP) is 1.68. The Labute approximate surface area is 147 Å². The van der Waals surface area contributed by atoms with Gasteiger partial charge in [0.05, 0.1) is 25.2 Å². The molecule has 2 atom stereocenters. The minimum absolute atomic E-state index is 0.0490. The molecule has 132 valence electrons. The number of nitrogens with zero attached hydrogens (tertiary/aromatic N) is 3. The van der Waals surface area contributed by atoms with Crippen LogP contribution in [0.15, 0.2) is 30.3 Å². The second kappa shape index (κ2) is 7.99. The zero-order chi connectivity index (χ0) is 17.6. The van der Waals surface area contributed by atoms with E-state index >= 15 is 0 Å². The molecule has 2 aliphatic rings. The highest BCUT2D eigenvalue weighted by atomic mass is 16.5. The summed E-state index contributed by atoms with van der Waals surface area (Å²) < 4.78 is 5.28. The second-order valence-electron chi connectivity index (χ2n) is 6.33. The molecule has 0 aliphatic carbocycles. The van der Waals surface area contributed by atoms with Gasteiger partial charge in [-0.15, -0.1) is 0 Å². The number of nitriles is 1. The van der Waals surface area contributed by atoms with Crippen molar-refractivity contribution in [3.05, 3.63) is 30.3 Å². The summed E-state index contributed by atoms with van der Waals surface area (Å²) in [4.78, 5) is 28.5. The van der Waals surface area contributed by atoms with Gasteiger partial charge < -0.3 is 19.9 Å². The molecule has 0 bridgehead atoms. The Bertz CT molecular complexity index is 658. The maximum atomic E-state index is 12.8. The van der Waals surface area contributed by atoms with Crippen molar-refractivity contribution < 1.29 is 14.3 Å². The number of ether oxygens (including phenoxy) is 1. The van der Waals surface area contributed by atoms with Crippen LogP contribution in [0.3, 0.4) is 0 Å². The third-order valence-electron chi connectivity index (χ3n) is 4.64. The summed E-state index contributed by atoms with van der Waals surface area (Å²) in [6.45, 7) is 2.16. The molecule has 2 heterocycles. The van der Waals surface area contributed by atoms with Crippen LogP contribution in [0.5, 0.6) is 0 Å². The summed E-state index contributed by atoms with van der Waals surface area (Å²) in [6, 6.07) is 10.7. The van der Waals surface area contributed by atoms with Crippen LogP contribution in [0.1, 0.15) is 12.8 Å². The number of rotatable bonds is 2. The summed E-state index contributed by atoms with van der Waals surface area (Å²) in [6.07, 6.45) is 1.52. The first kappa shape index (κ1) is 17.2. The Kier molecular flexibility index (Phi) is 5.51. The molecule has 1 aromatic carbocycles. The van der Waals surface area contributed by atoms with Crippen molar-refractivity contribution in [1.29, 1.82) is 5.26 Å². The number of urea groups is 1. The van der Waals surface area contributed by atoms with Gasteiger partial charge >= 0.3 is 6.03 Å². The number of carbonyl (C=O) groups excluding carboxylic acids is 2. The number of amides is 3. The summed E-state index contributed by atoms with van der Waals surface area (Å²) in [5.41, 5.74) is 0.735. The molecule has 7 nitrogen and oxygen atoms in total. The molecule has 0 radical (unpaired) electrons. The smallest absolute Gasteiger partial charge is 0.321 e. The van der Waals surface area contributed by atoms with E-state index < -0.39 is 6.04 Å². The summed E-state index contributed by atoms with van der Waals surface area (Å²) >= 11 is 0. The van der Waals surface area contributed by atoms with Crippen molar-refractivity contribution >= 4 is 17.6 Å². The summed E-state index contributed by atoms with van der Waals surface area (Å²) in [5, 5.41) is 12.1. The molecular formula is C18H22N4O3. The van der Waals surface area contributed by atoms with Gasteiger partial charge in [-0.3, -0.25) is 4.79 Å². The Morgan fingerprint density at radius 2 is 2.04 bits per heavy atom. The lowest BCUT2D eigenvalue weighted by Gasteiger charge is -2.37. The molecule has 2 saturated heterocycles. The van der Waals surface area contributed by atoms with Crippen LogP contribution in [0.4, 0.5) is 10.5 Å². The average Bonchev–Trinajstić information content (AvgIpc) is 2.68. The molecule has 3 rings (SSSR count). The van der Waals surface area contributed by atoms with E-state index in [4.69, 9.17) is 4.74 Å². The minimum Gasteiger partial charge on any atom is -0.376 e. The maximum absolute atomic E-state index is 12.8. The first-order valence-electron chi connectivity index (χ1n) is 8.58. The van der Waals surface area contributed by atoms with Gasteiger partial charge in [-0.1, -0.05) is 18.2 Å². The van der Waals surface area contributed by atoms with Crippen LogP contribution in [0, 0.1) is 17.2 Å². The lowest BCUT2D eigenvalue weighted by molar-refractivity contribution is -0.143. The van der Waals surface area contributed by atoms with Gasteiger partial charge in [0.1, 0.15) is 6.04 Å². The number of hydrogen-bond donors (Lipinski definition) is 1. The Balaban J connectivity index is 1.61. The van der Waals surface area contributed by atoms with Crippen LogP contribution in [0.25, 0.3) is 0 Å². The van der Waals surface area contributed by atoms with Crippen LogP contribution >= 0.6 is 0 Å². The molecule has 3 amide bonds. The summed E-state index contributed by atoms with van der Waals surface area (Å²) in [5.74, 6) is -0.309. The SMILES string of the molecule is N#C[C@H]1COCCN1C(=O)[C@H]1CCCN(C(=O)Nc2ccccc2)C1. The van der Waals surface area contributed by atoms with E-state index in [2.05, 4.69) is 11.4 Å². The number of nitrogens with one attached hydrogen (secondary N) is 1. The number of para-hydroxylation sites is 1. The molecule has 0 aromatic heterocycles. The monoisotopic (exact) mass is 342 g/mol. The largest absolute Gasteiger partial charge is 0.376 e. The predicted molar refractivity (Wildman–Crippen MR) is 91.7 cm³/mol. The molecular weight excluding hydrogens is 320 g/mol. The normalized spacial score (nSPS) is 23.6. The number of piperidine rings is 1. The molecule has 0 spiro atoms. The molecule has 1 aromatic rings. The van der Waals surface area contributed by atoms with Crippen molar-refractivity contribution in [2.24, 2.45) is 5.92 Å². The number of likely N-dealkylation sites (tertiary alicyclic amines) is 1. The first-order valence-corrected chi connectivity index (χ1v) is 8.58. The first-order chi connectivity index (χ1) is 12.2. The molecule has 1 N–H and O–H groups in total. The van der Waals surface area contributed by atoms with Gasteiger partial charge in [-0.25, -0.2) is 4.79 Å². The highest BCUT2D eigenvalue weighted by Crippen LogP contribution is 2.22. The Hall–Kier alpha value is -2.59. The molecule has 7 heteroatoms. The zero-order valence-corrected chi connectivity index (χ0v) is 14.1. The van der Waals surface area contributed by atoms with Gasteiger partial charge in [0.15, 0.2) is 0 Å².